The van der Waals surface area contributed by atoms with Crippen molar-refractivity contribution in [2.75, 3.05) is 25.6 Å². The SMILES string of the molecule is COC[C@H](C)Nc1ncc2c(-c3cnn(C(C)(C)C(=O)N4CCc5sc(C)nc5C4)c3)cc([C@H]3CC[C@H](O)CC3)n2n1. The van der Waals surface area contributed by atoms with Crippen LogP contribution in [0.25, 0.3) is 16.6 Å². The van der Waals surface area contributed by atoms with Crippen molar-refractivity contribution in [3.63, 3.8) is 0 Å². The number of thiazole rings is 1. The number of amides is 1. The number of aryl methyl sites for hydroxylation is 1. The molecule has 12 heteroatoms. The van der Waals surface area contributed by atoms with Crippen molar-refractivity contribution >= 4 is 28.7 Å². The minimum Gasteiger partial charge on any atom is -0.393 e. The van der Waals surface area contributed by atoms with E-state index >= 15 is 0 Å². The number of carbonyl (C=O) groups is 1. The van der Waals surface area contributed by atoms with E-state index in [1.807, 2.05) is 55.7 Å². The van der Waals surface area contributed by atoms with Gasteiger partial charge in [-0.2, -0.15) is 5.10 Å². The van der Waals surface area contributed by atoms with Crippen molar-refractivity contribution < 1.29 is 14.6 Å². The summed E-state index contributed by atoms with van der Waals surface area (Å²) in [5, 5.41) is 24.1. The third kappa shape index (κ3) is 5.43. The number of aliphatic hydroxyl groups excluding tert-OH is 1. The van der Waals surface area contributed by atoms with Gasteiger partial charge in [0.1, 0.15) is 5.54 Å². The van der Waals surface area contributed by atoms with Crippen molar-refractivity contribution in [1.82, 2.24) is 34.3 Å². The first-order chi connectivity index (χ1) is 20.1. The summed E-state index contributed by atoms with van der Waals surface area (Å²) in [6, 6.07) is 2.24. The van der Waals surface area contributed by atoms with Crippen LogP contribution in [-0.2, 0) is 28.0 Å². The van der Waals surface area contributed by atoms with Gasteiger partial charge in [-0.15, -0.1) is 16.4 Å². The maximum atomic E-state index is 13.8. The fourth-order valence-electron chi connectivity index (χ4n) is 6.24. The van der Waals surface area contributed by atoms with E-state index in [1.165, 1.54) is 4.88 Å². The van der Waals surface area contributed by atoms with E-state index in [0.717, 1.165) is 65.1 Å². The lowest BCUT2D eigenvalue weighted by atomic mass is 9.85. The number of rotatable bonds is 8. The van der Waals surface area contributed by atoms with Crippen molar-refractivity contribution in [2.24, 2.45) is 0 Å². The highest BCUT2D eigenvalue weighted by Crippen LogP contribution is 2.38. The second kappa shape index (κ2) is 11.4. The van der Waals surface area contributed by atoms with Crippen molar-refractivity contribution in [2.45, 2.75) is 89.9 Å². The molecule has 0 spiro atoms. The van der Waals surface area contributed by atoms with Crippen LogP contribution in [0.4, 0.5) is 5.95 Å². The van der Waals surface area contributed by atoms with E-state index in [4.69, 9.17) is 14.9 Å². The molecule has 1 aliphatic heterocycles. The average Bonchev–Trinajstić information content (AvgIpc) is 3.69. The Morgan fingerprint density at radius 2 is 2.05 bits per heavy atom. The Kier molecular flexibility index (Phi) is 7.79. The number of nitrogens with zero attached hydrogens (tertiary/aromatic N) is 7. The Morgan fingerprint density at radius 3 is 2.81 bits per heavy atom. The Balaban J connectivity index is 1.31. The Bertz CT molecular complexity index is 1580. The fraction of sp³-hybridized carbons (Fsp3) is 0.567. The predicted octanol–water partition coefficient (Wildman–Crippen LogP) is 4.14. The third-order valence-corrected chi connectivity index (χ3v) is 9.64. The van der Waals surface area contributed by atoms with Gasteiger partial charge in [-0.1, -0.05) is 0 Å². The van der Waals surface area contributed by atoms with E-state index in [0.29, 0.717) is 25.6 Å². The van der Waals surface area contributed by atoms with Gasteiger partial charge >= 0.3 is 0 Å². The van der Waals surface area contributed by atoms with Gasteiger partial charge < -0.3 is 20.1 Å². The maximum absolute atomic E-state index is 13.8. The summed E-state index contributed by atoms with van der Waals surface area (Å²) in [6.07, 6.45) is 9.58. The number of aromatic nitrogens is 6. The highest BCUT2D eigenvalue weighted by atomic mass is 32.1. The zero-order valence-electron chi connectivity index (χ0n) is 25.0. The number of ether oxygens (including phenoxy) is 1. The number of nitrogens with one attached hydrogen (secondary N) is 1. The van der Waals surface area contributed by atoms with Crippen LogP contribution in [0.5, 0.6) is 0 Å². The second-order valence-electron chi connectivity index (χ2n) is 12.2. The minimum atomic E-state index is -0.871. The molecule has 42 heavy (non-hydrogen) atoms. The van der Waals surface area contributed by atoms with Gasteiger partial charge in [0.2, 0.25) is 11.9 Å². The molecule has 4 aromatic heterocycles. The van der Waals surface area contributed by atoms with Gasteiger partial charge in [0.05, 0.1) is 47.9 Å². The molecule has 0 saturated heterocycles. The average molecular weight is 593 g/mol. The molecular weight excluding hydrogens is 552 g/mol. The highest BCUT2D eigenvalue weighted by molar-refractivity contribution is 7.11. The number of hydrogen-bond donors (Lipinski definition) is 2. The zero-order valence-corrected chi connectivity index (χ0v) is 25.8. The van der Waals surface area contributed by atoms with Crippen LogP contribution in [0, 0.1) is 6.92 Å². The molecule has 4 aromatic rings. The normalized spacial score (nSPS) is 20.1. The second-order valence-corrected chi connectivity index (χ2v) is 13.5. The summed E-state index contributed by atoms with van der Waals surface area (Å²) >= 11 is 1.73. The molecule has 2 aliphatic rings. The van der Waals surface area contributed by atoms with Gasteiger partial charge in [-0.25, -0.2) is 14.5 Å². The summed E-state index contributed by atoms with van der Waals surface area (Å²) in [5.41, 5.74) is 4.01. The molecule has 224 valence electrons. The van der Waals surface area contributed by atoms with E-state index in [9.17, 15) is 9.90 Å². The van der Waals surface area contributed by atoms with Crippen LogP contribution < -0.4 is 5.32 Å². The Labute approximate surface area is 249 Å². The lowest BCUT2D eigenvalue weighted by Crippen LogP contribution is -2.48. The lowest BCUT2D eigenvalue weighted by molar-refractivity contribution is -0.140. The van der Waals surface area contributed by atoms with Crippen LogP contribution in [0.2, 0.25) is 0 Å². The molecular formula is C30H40N8O3S. The van der Waals surface area contributed by atoms with Gasteiger partial charge in [-0.3, -0.25) is 9.48 Å². The van der Waals surface area contributed by atoms with Gasteiger partial charge in [0.15, 0.2) is 0 Å². The van der Waals surface area contributed by atoms with Gasteiger partial charge in [0, 0.05) is 59.9 Å². The Hall–Kier alpha value is -3.35. The minimum absolute atomic E-state index is 0.0286. The molecule has 1 fully saturated rings. The van der Waals surface area contributed by atoms with E-state index < -0.39 is 5.54 Å². The van der Waals surface area contributed by atoms with E-state index in [1.54, 1.807) is 23.1 Å². The van der Waals surface area contributed by atoms with Crippen molar-refractivity contribution in [3.8, 4) is 11.1 Å². The maximum Gasteiger partial charge on any atom is 0.250 e. The molecule has 1 atom stereocenters. The smallest absolute Gasteiger partial charge is 0.250 e. The largest absolute Gasteiger partial charge is 0.393 e. The molecule has 6 rings (SSSR count). The summed E-state index contributed by atoms with van der Waals surface area (Å²) < 4.78 is 9.03. The lowest BCUT2D eigenvalue weighted by Gasteiger charge is -2.34. The molecule has 0 bridgehead atoms. The number of aliphatic hydroxyl groups is 1. The van der Waals surface area contributed by atoms with Crippen LogP contribution in [0.15, 0.2) is 24.7 Å². The van der Waals surface area contributed by atoms with Gasteiger partial charge in [0.25, 0.3) is 0 Å². The van der Waals surface area contributed by atoms with Crippen LogP contribution in [0.3, 0.4) is 0 Å². The predicted molar refractivity (Wildman–Crippen MR) is 162 cm³/mol. The summed E-state index contributed by atoms with van der Waals surface area (Å²) in [7, 11) is 1.68. The first-order valence-corrected chi connectivity index (χ1v) is 15.6. The molecule has 1 amide bonds. The van der Waals surface area contributed by atoms with E-state index in [-0.39, 0.29) is 24.0 Å². The number of hydrogen-bond acceptors (Lipinski definition) is 9. The fourth-order valence-corrected chi connectivity index (χ4v) is 7.17. The molecule has 1 saturated carbocycles. The van der Waals surface area contributed by atoms with E-state index in [2.05, 4.69) is 21.4 Å². The summed E-state index contributed by atoms with van der Waals surface area (Å²) in [4.78, 5) is 26.2. The standard InChI is InChI=1S/C30H40N8O3S/c1-18(17-41-5)33-29-31-14-26-23(12-25(38(26)35-29)20-6-8-22(39)9-7-20)21-13-32-37(15-21)30(3,4)28(40)36-11-10-27-24(16-36)34-19(2)42-27/h12-15,18,20,22,39H,6-11,16-17H2,1-5H3,(H,33,35)/t18-,20-,22-/m0/s1. The van der Waals surface area contributed by atoms with Crippen molar-refractivity contribution in [3.05, 3.63) is 45.9 Å². The molecule has 11 nitrogen and oxygen atoms in total. The number of fused-ring (bicyclic) bond motifs is 2. The quantitative estimate of drug-likeness (QED) is 0.313. The zero-order chi connectivity index (χ0) is 29.6. The molecule has 0 unspecified atom stereocenters. The van der Waals surface area contributed by atoms with Crippen LogP contribution in [-0.4, -0.2) is 77.7 Å². The highest BCUT2D eigenvalue weighted by Gasteiger charge is 2.37. The first-order valence-electron chi connectivity index (χ1n) is 14.8. The number of carbonyl (C=O) groups excluding carboxylic acids is 1. The van der Waals surface area contributed by atoms with Crippen LogP contribution >= 0.6 is 11.3 Å². The molecule has 0 aromatic carbocycles. The third-order valence-electron chi connectivity index (χ3n) is 8.56. The molecule has 1 aliphatic carbocycles. The summed E-state index contributed by atoms with van der Waals surface area (Å²) in [5.74, 6) is 0.842. The van der Waals surface area contributed by atoms with Crippen molar-refractivity contribution in [1.29, 1.82) is 0 Å². The summed E-state index contributed by atoms with van der Waals surface area (Å²) in [6.45, 7) is 9.66. The van der Waals surface area contributed by atoms with Gasteiger partial charge in [-0.05, 0) is 59.4 Å². The first kappa shape index (κ1) is 28.8. The topological polar surface area (TPSA) is 123 Å². The van der Waals surface area contributed by atoms with Crippen LogP contribution in [0.1, 0.15) is 73.6 Å². The number of methoxy groups -OCH3 is 1. The molecule has 0 radical (unpaired) electrons. The molecule has 2 N–H and O–H groups in total. The molecule has 5 heterocycles. The Morgan fingerprint density at radius 1 is 1.26 bits per heavy atom. The monoisotopic (exact) mass is 592 g/mol. The number of anilines is 1.